The van der Waals surface area contributed by atoms with Gasteiger partial charge in [-0.1, -0.05) is 11.8 Å². The Balaban J connectivity index is 1.68. The molecule has 2 heterocycles. The number of carbonyl (C=O) groups is 2. The first-order chi connectivity index (χ1) is 9.65. The first-order valence-electron chi connectivity index (χ1n) is 5.72. The summed E-state index contributed by atoms with van der Waals surface area (Å²) in [5.41, 5.74) is 0. The van der Waals surface area contributed by atoms with Crippen LogP contribution in [0.1, 0.15) is 5.76 Å². The summed E-state index contributed by atoms with van der Waals surface area (Å²) in [7, 11) is 1.77. The Morgan fingerprint density at radius 2 is 2.35 bits per heavy atom. The number of hydrogen-bond acceptors (Lipinski definition) is 6. The molecule has 2 rings (SSSR count). The summed E-state index contributed by atoms with van der Waals surface area (Å²) in [4.78, 5) is 23.0. The maximum Gasteiger partial charge on any atom is 0.321 e. The molecule has 0 saturated carbocycles. The standard InChI is InChI=1S/C11H13N5O3S/c1-16-7-13-15-11(16)20-6-9(17)14-10(18)12-5-8-3-2-4-19-8/h2-4,7H,5-6H2,1H3,(H2,12,14,17,18). The molecule has 0 saturated heterocycles. The van der Waals surface area contributed by atoms with Crippen molar-refractivity contribution in [2.75, 3.05) is 5.75 Å². The van der Waals surface area contributed by atoms with Crippen LogP contribution in [-0.2, 0) is 18.4 Å². The Kier molecular flexibility index (Phi) is 4.77. The van der Waals surface area contributed by atoms with Crippen molar-refractivity contribution in [3.05, 3.63) is 30.5 Å². The van der Waals surface area contributed by atoms with Crippen molar-refractivity contribution in [1.82, 2.24) is 25.4 Å². The lowest BCUT2D eigenvalue weighted by atomic mass is 10.4. The number of nitrogens with zero attached hydrogens (tertiary/aromatic N) is 3. The molecule has 8 nitrogen and oxygen atoms in total. The monoisotopic (exact) mass is 295 g/mol. The van der Waals surface area contributed by atoms with Crippen LogP contribution in [-0.4, -0.2) is 32.5 Å². The predicted molar refractivity (Wildman–Crippen MR) is 70.8 cm³/mol. The lowest BCUT2D eigenvalue weighted by molar-refractivity contribution is -0.117. The molecule has 0 radical (unpaired) electrons. The first kappa shape index (κ1) is 14.1. The molecule has 0 aromatic carbocycles. The maximum atomic E-state index is 11.5. The summed E-state index contributed by atoms with van der Waals surface area (Å²) >= 11 is 1.20. The lowest BCUT2D eigenvalue weighted by Crippen LogP contribution is -2.39. The zero-order chi connectivity index (χ0) is 14.4. The highest BCUT2D eigenvalue weighted by Gasteiger charge is 2.10. The van der Waals surface area contributed by atoms with Gasteiger partial charge in [0.15, 0.2) is 5.16 Å². The van der Waals surface area contributed by atoms with Crippen LogP contribution < -0.4 is 10.6 Å². The molecule has 0 aliphatic rings. The van der Waals surface area contributed by atoms with E-state index >= 15 is 0 Å². The van der Waals surface area contributed by atoms with E-state index in [2.05, 4.69) is 20.8 Å². The molecule has 0 atom stereocenters. The normalized spacial score (nSPS) is 10.2. The number of rotatable bonds is 5. The van der Waals surface area contributed by atoms with Gasteiger partial charge in [0.2, 0.25) is 5.91 Å². The smallest absolute Gasteiger partial charge is 0.321 e. The molecule has 20 heavy (non-hydrogen) atoms. The highest BCUT2D eigenvalue weighted by Crippen LogP contribution is 2.12. The molecule has 0 aliphatic heterocycles. The Morgan fingerprint density at radius 1 is 1.50 bits per heavy atom. The number of nitrogens with one attached hydrogen (secondary N) is 2. The fourth-order valence-electron chi connectivity index (χ4n) is 1.32. The summed E-state index contributed by atoms with van der Waals surface area (Å²) < 4.78 is 6.74. The third kappa shape index (κ3) is 4.12. The summed E-state index contributed by atoms with van der Waals surface area (Å²) in [5, 5.41) is 12.8. The van der Waals surface area contributed by atoms with E-state index in [1.54, 1.807) is 23.7 Å². The van der Waals surface area contributed by atoms with Crippen molar-refractivity contribution < 1.29 is 14.0 Å². The molecule has 0 fully saturated rings. The topological polar surface area (TPSA) is 102 Å². The minimum atomic E-state index is -0.565. The fraction of sp³-hybridized carbons (Fsp3) is 0.273. The number of aromatic nitrogens is 3. The van der Waals surface area contributed by atoms with Crippen molar-refractivity contribution in [3.8, 4) is 0 Å². The number of furan rings is 1. The second kappa shape index (κ2) is 6.75. The van der Waals surface area contributed by atoms with Gasteiger partial charge in [-0.2, -0.15) is 0 Å². The van der Waals surface area contributed by atoms with E-state index in [1.165, 1.54) is 24.4 Å². The average Bonchev–Trinajstić information content (AvgIpc) is 3.05. The van der Waals surface area contributed by atoms with E-state index in [9.17, 15) is 9.59 Å². The van der Waals surface area contributed by atoms with Crippen molar-refractivity contribution in [3.63, 3.8) is 0 Å². The van der Waals surface area contributed by atoms with Crippen LogP contribution in [0.2, 0.25) is 0 Å². The van der Waals surface area contributed by atoms with E-state index < -0.39 is 11.9 Å². The number of aryl methyl sites for hydroxylation is 1. The van der Waals surface area contributed by atoms with Crippen LogP contribution in [0.3, 0.4) is 0 Å². The van der Waals surface area contributed by atoms with Crippen LogP contribution in [0.15, 0.2) is 34.3 Å². The van der Waals surface area contributed by atoms with Crippen LogP contribution >= 0.6 is 11.8 Å². The third-order valence-corrected chi connectivity index (χ3v) is 3.29. The quantitative estimate of drug-likeness (QED) is 0.780. The molecule has 0 aliphatic carbocycles. The van der Waals surface area contributed by atoms with Gasteiger partial charge in [0.1, 0.15) is 12.1 Å². The maximum absolute atomic E-state index is 11.5. The van der Waals surface area contributed by atoms with Crippen LogP contribution in [0.5, 0.6) is 0 Å². The highest BCUT2D eigenvalue weighted by atomic mass is 32.2. The third-order valence-electron chi connectivity index (χ3n) is 2.26. The summed E-state index contributed by atoms with van der Waals surface area (Å²) in [6.45, 7) is 0.225. The molecule has 0 bridgehead atoms. The molecule has 2 N–H and O–H groups in total. The second-order valence-corrected chi connectivity index (χ2v) is 4.77. The Morgan fingerprint density at radius 3 is 3.00 bits per heavy atom. The predicted octanol–water partition coefficient (Wildman–Crippen LogP) is 0.526. The SMILES string of the molecule is Cn1cnnc1SCC(=O)NC(=O)NCc1ccco1. The van der Waals surface area contributed by atoms with Gasteiger partial charge in [0.25, 0.3) is 0 Å². The van der Waals surface area contributed by atoms with Crippen LogP contribution in [0.25, 0.3) is 0 Å². The van der Waals surface area contributed by atoms with Crippen molar-refractivity contribution >= 4 is 23.7 Å². The Bertz CT molecular complexity index is 581. The minimum absolute atomic E-state index is 0.0840. The van der Waals surface area contributed by atoms with Gasteiger partial charge in [-0.05, 0) is 12.1 Å². The van der Waals surface area contributed by atoms with E-state index in [4.69, 9.17) is 4.42 Å². The number of carbonyl (C=O) groups excluding carboxylic acids is 2. The molecular weight excluding hydrogens is 282 g/mol. The second-order valence-electron chi connectivity index (χ2n) is 3.82. The number of imide groups is 1. The highest BCUT2D eigenvalue weighted by molar-refractivity contribution is 7.99. The summed E-state index contributed by atoms with van der Waals surface area (Å²) in [6.07, 6.45) is 3.05. The van der Waals surface area contributed by atoms with Crippen LogP contribution in [0, 0.1) is 0 Å². The average molecular weight is 295 g/mol. The van der Waals surface area contributed by atoms with Gasteiger partial charge in [-0.15, -0.1) is 10.2 Å². The van der Waals surface area contributed by atoms with Crippen molar-refractivity contribution in [2.45, 2.75) is 11.7 Å². The Labute approximate surface area is 118 Å². The lowest BCUT2D eigenvalue weighted by Gasteiger charge is -2.05. The molecular formula is C11H13N5O3S. The van der Waals surface area contributed by atoms with Gasteiger partial charge in [-0.3, -0.25) is 10.1 Å². The molecule has 106 valence electrons. The van der Waals surface area contributed by atoms with Crippen molar-refractivity contribution in [1.29, 1.82) is 0 Å². The number of thioether (sulfide) groups is 1. The molecule has 3 amide bonds. The molecule has 2 aromatic rings. The Hall–Kier alpha value is -2.29. The van der Waals surface area contributed by atoms with E-state index in [1.807, 2.05) is 0 Å². The van der Waals surface area contributed by atoms with E-state index in [0.29, 0.717) is 10.9 Å². The van der Waals surface area contributed by atoms with E-state index in [-0.39, 0.29) is 12.3 Å². The van der Waals surface area contributed by atoms with Gasteiger partial charge in [0, 0.05) is 7.05 Å². The minimum Gasteiger partial charge on any atom is -0.467 e. The molecule has 2 aromatic heterocycles. The zero-order valence-corrected chi connectivity index (χ0v) is 11.5. The molecule has 0 unspecified atom stereocenters. The van der Waals surface area contributed by atoms with Gasteiger partial charge in [-0.25, -0.2) is 4.79 Å². The van der Waals surface area contributed by atoms with Gasteiger partial charge in [0.05, 0.1) is 18.6 Å². The van der Waals surface area contributed by atoms with Crippen LogP contribution in [0.4, 0.5) is 4.79 Å². The first-order valence-corrected chi connectivity index (χ1v) is 6.70. The summed E-state index contributed by atoms with van der Waals surface area (Å²) in [6, 6.07) is 2.88. The number of urea groups is 1. The summed E-state index contributed by atoms with van der Waals surface area (Å²) in [5.74, 6) is 0.289. The largest absolute Gasteiger partial charge is 0.467 e. The van der Waals surface area contributed by atoms with Gasteiger partial charge >= 0.3 is 6.03 Å². The zero-order valence-electron chi connectivity index (χ0n) is 10.7. The van der Waals surface area contributed by atoms with Crippen molar-refractivity contribution in [2.24, 2.45) is 7.05 Å². The van der Waals surface area contributed by atoms with E-state index in [0.717, 1.165) is 0 Å². The molecule has 0 spiro atoms. The fourth-order valence-corrected chi connectivity index (χ4v) is 2.01. The number of hydrogen-bond donors (Lipinski definition) is 2. The number of amides is 3. The van der Waals surface area contributed by atoms with Gasteiger partial charge < -0.3 is 14.3 Å². The molecule has 9 heteroatoms.